The van der Waals surface area contributed by atoms with Gasteiger partial charge in [-0.2, -0.15) is 11.8 Å². The van der Waals surface area contributed by atoms with Crippen LogP contribution in [0.2, 0.25) is 0 Å². The summed E-state index contributed by atoms with van der Waals surface area (Å²) in [6.45, 7) is 5.37. The van der Waals surface area contributed by atoms with Crippen LogP contribution in [0.25, 0.3) is 0 Å². The maximum atomic E-state index is 9.99. The molecule has 1 atom stereocenters. The van der Waals surface area contributed by atoms with Gasteiger partial charge in [0.2, 0.25) is 0 Å². The SMILES string of the molecule is CCc1ccc(OCC(O)CN2CCSCC2)cc1. The number of benzene rings is 1. The monoisotopic (exact) mass is 281 g/mol. The van der Waals surface area contributed by atoms with E-state index in [9.17, 15) is 5.11 Å². The van der Waals surface area contributed by atoms with Gasteiger partial charge in [0.25, 0.3) is 0 Å². The summed E-state index contributed by atoms with van der Waals surface area (Å²) in [6, 6.07) is 8.10. The summed E-state index contributed by atoms with van der Waals surface area (Å²) in [7, 11) is 0. The molecular formula is C15H23NO2S. The van der Waals surface area contributed by atoms with E-state index in [2.05, 4.69) is 24.0 Å². The van der Waals surface area contributed by atoms with Crippen LogP contribution in [0.4, 0.5) is 0 Å². The Bertz CT molecular complexity index is 363. The molecule has 0 saturated carbocycles. The summed E-state index contributed by atoms with van der Waals surface area (Å²) in [6.07, 6.45) is 0.629. The highest BCUT2D eigenvalue weighted by Crippen LogP contribution is 2.13. The van der Waals surface area contributed by atoms with Crippen LogP contribution in [-0.2, 0) is 6.42 Å². The van der Waals surface area contributed by atoms with Gasteiger partial charge >= 0.3 is 0 Å². The zero-order valence-corrected chi connectivity index (χ0v) is 12.4. The van der Waals surface area contributed by atoms with E-state index in [1.165, 1.54) is 17.1 Å². The van der Waals surface area contributed by atoms with Crippen LogP contribution in [0.3, 0.4) is 0 Å². The van der Waals surface area contributed by atoms with Gasteiger partial charge in [-0.05, 0) is 24.1 Å². The van der Waals surface area contributed by atoms with Crippen molar-refractivity contribution in [1.82, 2.24) is 4.90 Å². The molecule has 4 heteroatoms. The number of hydrogen-bond donors (Lipinski definition) is 1. The van der Waals surface area contributed by atoms with Crippen molar-refractivity contribution >= 4 is 11.8 Å². The van der Waals surface area contributed by atoms with Crippen molar-refractivity contribution in [3.05, 3.63) is 29.8 Å². The first kappa shape index (κ1) is 14.7. The summed E-state index contributed by atoms with van der Waals surface area (Å²) in [5.41, 5.74) is 1.30. The number of aliphatic hydroxyl groups excluding tert-OH is 1. The summed E-state index contributed by atoms with van der Waals surface area (Å²) in [5, 5.41) is 9.99. The lowest BCUT2D eigenvalue weighted by molar-refractivity contribution is 0.0715. The quantitative estimate of drug-likeness (QED) is 0.865. The molecule has 1 aliphatic rings. The maximum absolute atomic E-state index is 9.99. The van der Waals surface area contributed by atoms with Crippen LogP contribution in [0, 0.1) is 0 Å². The Labute approximate surface area is 120 Å². The summed E-state index contributed by atoms with van der Waals surface area (Å²) >= 11 is 1.98. The molecule has 1 saturated heterocycles. The summed E-state index contributed by atoms with van der Waals surface area (Å²) in [4.78, 5) is 2.31. The van der Waals surface area contributed by atoms with Gasteiger partial charge in [0.1, 0.15) is 18.5 Å². The molecule has 1 unspecified atom stereocenters. The fraction of sp³-hybridized carbons (Fsp3) is 0.600. The maximum Gasteiger partial charge on any atom is 0.119 e. The normalized spacial score (nSPS) is 18.2. The highest BCUT2D eigenvalue weighted by Gasteiger charge is 2.15. The van der Waals surface area contributed by atoms with Crippen molar-refractivity contribution < 1.29 is 9.84 Å². The summed E-state index contributed by atoms with van der Waals surface area (Å²) < 4.78 is 5.63. The number of aryl methyl sites for hydroxylation is 1. The molecule has 3 nitrogen and oxygen atoms in total. The predicted octanol–water partition coefficient (Wildman–Crippen LogP) is 2.04. The number of aliphatic hydroxyl groups is 1. The third-order valence-electron chi connectivity index (χ3n) is 3.35. The molecule has 19 heavy (non-hydrogen) atoms. The van der Waals surface area contributed by atoms with Gasteiger partial charge < -0.3 is 9.84 Å². The Morgan fingerprint density at radius 2 is 1.95 bits per heavy atom. The first-order valence-corrected chi connectivity index (χ1v) is 8.13. The van der Waals surface area contributed by atoms with E-state index >= 15 is 0 Å². The van der Waals surface area contributed by atoms with Gasteiger partial charge in [-0.1, -0.05) is 19.1 Å². The molecule has 1 fully saturated rings. The van der Waals surface area contributed by atoms with Crippen molar-refractivity contribution in [2.45, 2.75) is 19.4 Å². The second kappa shape index (κ2) is 7.78. The van der Waals surface area contributed by atoms with E-state index in [0.717, 1.165) is 25.3 Å². The fourth-order valence-electron chi connectivity index (χ4n) is 2.15. The number of rotatable bonds is 6. The van der Waals surface area contributed by atoms with Crippen molar-refractivity contribution in [3.63, 3.8) is 0 Å². The largest absolute Gasteiger partial charge is 0.491 e. The van der Waals surface area contributed by atoms with E-state index in [1.54, 1.807) is 0 Å². The Morgan fingerprint density at radius 3 is 2.58 bits per heavy atom. The van der Waals surface area contributed by atoms with E-state index in [1.807, 2.05) is 23.9 Å². The minimum atomic E-state index is -0.408. The van der Waals surface area contributed by atoms with E-state index in [0.29, 0.717) is 13.2 Å². The van der Waals surface area contributed by atoms with Crippen molar-refractivity contribution in [3.8, 4) is 5.75 Å². The van der Waals surface area contributed by atoms with E-state index in [-0.39, 0.29) is 0 Å². The molecule has 1 aromatic carbocycles. The smallest absolute Gasteiger partial charge is 0.119 e. The van der Waals surface area contributed by atoms with Crippen LogP contribution in [0.15, 0.2) is 24.3 Å². The first-order chi connectivity index (χ1) is 9.28. The van der Waals surface area contributed by atoms with Crippen molar-refractivity contribution in [2.24, 2.45) is 0 Å². The van der Waals surface area contributed by atoms with E-state index in [4.69, 9.17) is 4.74 Å². The van der Waals surface area contributed by atoms with Crippen LogP contribution >= 0.6 is 11.8 Å². The number of thioether (sulfide) groups is 1. The van der Waals surface area contributed by atoms with Gasteiger partial charge in [0, 0.05) is 31.1 Å². The lowest BCUT2D eigenvalue weighted by atomic mass is 10.2. The minimum Gasteiger partial charge on any atom is -0.491 e. The van der Waals surface area contributed by atoms with Gasteiger partial charge in [-0.3, -0.25) is 4.90 Å². The Morgan fingerprint density at radius 1 is 1.26 bits per heavy atom. The predicted molar refractivity (Wildman–Crippen MR) is 81.1 cm³/mol. The number of ether oxygens (including phenoxy) is 1. The average Bonchev–Trinajstić information content (AvgIpc) is 2.47. The Hall–Kier alpha value is -0.710. The van der Waals surface area contributed by atoms with Gasteiger partial charge in [-0.25, -0.2) is 0 Å². The highest BCUT2D eigenvalue weighted by atomic mass is 32.2. The lowest BCUT2D eigenvalue weighted by Crippen LogP contribution is -2.40. The molecule has 0 aromatic heterocycles. The summed E-state index contributed by atoms with van der Waals surface area (Å²) in [5.74, 6) is 3.18. The second-order valence-electron chi connectivity index (χ2n) is 4.88. The molecule has 0 spiro atoms. The average molecular weight is 281 g/mol. The lowest BCUT2D eigenvalue weighted by Gasteiger charge is -2.28. The highest BCUT2D eigenvalue weighted by molar-refractivity contribution is 7.99. The molecular weight excluding hydrogens is 258 g/mol. The molecule has 1 N–H and O–H groups in total. The Balaban J connectivity index is 1.71. The minimum absolute atomic E-state index is 0.370. The molecule has 1 heterocycles. The first-order valence-electron chi connectivity index (χ1n) is 6.98. The second-order valence-corrected chi connectivity index (χ2v) is 6.10. The van der Waals surface area contributed by atoms with Gasteiger partial charge in [-0.15, -0.1) is 0 Å². The fourth-order valence-corrected chi connectivity index (χ4v) is 3.13. The number of nitrogens with zero attached hydrogens (tertiary/aromatic N) is 1. The van der Waals surface area contributed by atoms with Crippen molar-refractivity contribution in [1.29, 1.82) is 0 Å². The molecule has 0 bridgehead atoms. The molecule has 1 aliphatic heterocycles. The zero-order chi connectivity index (χ0) is 13.5. The molecule has 106 valence electrons. The van der Waals surface area contributed by atoms with Crippen LogP contribution < -0.4 is 4.74 Å². The van der Waals surface area contributed by atoms with Crippen LogP contribution in [0.1, 0.15) is 12.5 Å². The standard InChI is InChI=1S/C15H23NO2S/c1-2-13-3-5-15(6-4-13)18-12-14(17)11-16-7-9-19-10-8-16/h3-6,14,17H,2,7-12H2,1H3. The molecule has 0 radical (unpaired) electrons. The van der Waals surface area contributed by atoms with Crippen LogP contribution in [-0.4, -0.2) is 53.9 Å². The van der Waals surface area contributed by atoms with E-state index < -0.39 is 6.10 Å². The molecule has 1 aromatic rings. The molecule has 2 rings (SSSR count). The Kier molecular flexibility index (Phi) is 6.01. The third-order valence-corrected chi connectivity index (χ3v) is 4.29. The van der Waals surface area contributed by atoms with Crippen molar-refractivity contribution in [2.75, 3.05) is 37.7 Å². The van der Waals surface area contributed by atoms with Gasteiger partial charge in [0.15, 0.2) is 0 Å². The zero-order valence-electron chi connectivity index (χ0n) is 11.5. The topological polar surface area (TPSA) is 32.7 Å². The van der Waals surface area contributed by atoms with Gasteiger partial charge in [0.05, 0.1) is 0 Å². The third kappa shape index (κ3) is 5.05. The molecule has 0 amide bonds. The van der Waals surface area contributed by atoms with Crippen LogP contribution in [0.5, 0.6) is 5.75 Å². The molecule has 0 aliphatic carbocycles. The number of β-amino-alcohol motifs (C(OH)–C–C–N with tert-alkyl or cyclic N) is 1. The number of hydrogen-bond acceptors (Lipinski definition) is 4.